The normalized spacial score (nSPS) is 24.5. The number of hydrogen-bond acceptors (Lipinski definition) is 3. The van der Waals surface area contributed by atoms with E-state index in [1.54, 1.807) is 4.90 Å². The molecule has 1 saturated carbocycles. The Kier molecular flexibility index (Phi) is 5.19. The second kappa shape index (κ2) is 6.89. The topological polar surface area (TPSA) is 69.6 Å². The number of carbonyl (C=O) groups is 2. The first kappa shape index (κ1) is 14.3. The van der Waals surface area contributed by atoms with Gasteiger partial charge in [-0.3, -0.25) is 9.59 Å². The van der Waals surface area contributed by atoms with Crippen molar-refractivity contribution >= 4 is 11.8 Å². The lowest BCUT2D eigenvalue weighted by molar-refractivity contribution is -0.132. The zero-order valence-corrected chi connectivity index (χ0v) is 11.4. The standard InChI is InChI=1S/C14H24N2O3/c17-12-6-7-16(10-12)14(19)9-15-13(18)8-11-4-2-1-3-5-11/h11-12,17H,1-10H2,(H,15,18)/t12-/m1/s1. The van der Waals surface area contributed by atoms with E-state index < -0.39 is 6.10 Å². The van der Waals surface area contributed by atoms with Crippen LogP contribution in [0.1, 0.15) is 44.9 Å². The summed E-state index contributed by atoms with van der Waals surface area (Å²) in [6.07, 6.45) is 6.80. The van der Waals surface area contributed by atoms with Gasteiger partial charge in [-0.15, -0.1) is 0 Å². The minimum atomic E-state index is -0.401. The van der Waals surface area contributed by atoms with Gasteiger partial charge in [0.25, 0.3) is 0 Å². The summed E-state index contributed by atoms with van der Waals surface area (Å²) in [4.78, 5) is 25.2. The molecule has 2 aliphatic rings. The third-order valence-corrected chi connectivity index (χ3v) is 4.15. The quantitative estimate of drug-likeness (QED) is 0.787. The second-order valence-electron chi connectivity index (χ2n) is 5.77. The van der Waals surface area contributed by atoms with E-state index in [1.807, 2.05) is 0 Å². The summed E-state index contributed by atoms with van der Waals surface area (Å²) in [5.41, 5.74) is 0. The summed E-state index contributed by atoms with van der Waals surface area (Å²) in [6, 6.07) is 0. The first-order valence-corrected chi connectivity index (χ1v) is 7.37. The molecule has 1 heterocycles. The average Bonchev–Trinajstić information content (AvgIpc) is 2.84. The molecule has 1 atom stereocenters. The lowest BCUT2D eigenvalue weighted by Crippen LogP contribution is -2.39. The molecule has 0 radical (unpaired) electrons. The van der Waals surface area contributed by atoms with Crippen LogP contribution in [-0.4, -0.2) is 47.6 Å². The molecule has 1 aliphatic heterocycles. The van der Waals surface area contributed by atoms with Crippen LogP contribution in [0.5, 0.6) is 0 Å². The molecule has 2 fully saturated rings. The van der Waals surface area contributed by atoms with Gasteiger partial charge in [0.05, 0.1) is 12.6 Å². The minimum Gasteiger partial charge on any atom is -0.391 e. The van der Waals surface area contributed by atoms with Crippen LogP contribution in [0.15, 0.2) is 0 Å². The van der Waals surface area contributed by atoms with E-state index in [9.17, 15) is 14.7 Å². The van der Waals surface area contributed by atoms with E-state index in [0.717, 1.165) is 12.8 Å². The zero-order chi connectivity index (χ0) is 13.7. The Bertz CT molecular complexity index is 327. The molecule has 2 N–H and O–H groups in total. The van der Waals surface area contributed by atoms with Crippen LogP contribution in [0.2, 0.25) is 0 Å². The number of hydrogen-bond donors (Lipinski definition) is 2. The molecule has 1 aliphatic carbocycles. The second-order valence-corrected chi connectivity index (χ2v) is 5.77. The SMILES string of the molecule is O=C(CC1CCCCC1)NCC(=O)N1CC[C@@H](O)C1. The molecule has 5 nitrogen and oxygen atoms in total. The highest BCUT2D eigenvalue weighted by Gasteiger charge is 2.24. The van der Waals surface area contributed by atoms with E-state index in [2.05, 4.69) is 5.32 Å². The third kappa shape index (κ3) is 4.49. The number of amides is 2. The van der Waals surface area contributed by atoms with Crippen molar-refractivity contribution in [2.75, 3.05) is 19.6 Å². The number of likely N-dealkylation sites (tertiary alicyclic amines) is 1. The molecule has 0 aromatic carbocycles. The van der Waals surface area contributed by atoms with Crippen LogP contribution < -0.4 is 5.32 Å². The van der Waals surface area contributed by atoms with Crippen molar-refractivity contribution in [1.82, 2.24) is 10.2 Å². The van der Waals surface area contributed by atoms with Crippen LogP contribution in [0.3, 0.4) is 0 Å². The van der Waals surface area contributed by atoms with Crippen LogP contribution in [-0.2, 0) is 9.59 Å². The molecular formula is C14H24N2O3. The van der Waals surface area contributed by atoms with Gasteiger partial charge < -0.3 is 15.3 Å². The lowest BCUT2D eigenvalue weighted by atomic mass is 9.87. The van der Waals surface area contributed by atoms with E-state index >= 15 is 0 Å². The van der Waals surface area contributed by atoms with Gasteiger partial charge in [0.1, 0.15) is 0 Å². The van der Waals surface area contributed by atoms with Crippen LogP contribution in [0.4, 0.5) is 0 Å². The number of carbonyl (C=O) groups excluding carboxylic acids is 2. The molecule has 0 unspecified atom stereocenters. The summed E-state index contributed by atoms with van der Waals surface area (Å²) < 4.78 is 0. The average molecular weight is 268 g/mol. The molecule has 0 spiro atoms. The van der Waals surface area contributed by atoms with Gasteiger partial charge in [-0.25, -0.2) is 0 Å². The Labute approximate surface area is 114 Å². The fourth-order valence-electron chi connectivity index (χ4n) is 2.98. The fraction of sp³-hybridized carbons (Fsp3) is 0.857. The van der Waals surface area contributed by atoms with E-state index in [-0.39, 0.29) is 18.4 Å². The monoisotopic (exact) mass is 268 g/mol. The highest BCUT2D eigenvalue weighted by molar-refractivity contribution is 5.85. The van der Waals surface area contributed by atoms with Crippen molar-refractivity contribution in [2.24, 2.45) is 5.92 Å². The van der Waals surface area contributed by atoms with Gasteiger partial charge in [-0.05, 0) is 25.2 Å². The van der Waals surface area contributed by atoms with Crippen LogP contribution in [0.25, 0.3) is 0 Å². The smallest absolute Gasteiger partial charge is 0.242 e. The van der Waals surface area contributed by atoms with Crippen LogP contribution in [0, 0.1) is 5.92 Å². The number of aliphatic hydroxyl groups is 1. The lowest BCUT2D eigenvalue weighted by Gasteiger charge is -2.21. The first-order chi connectivity index (χ1) is 9.15. The van der Waals surface area contributed by atoms with Crippen molar-refractivity contribution in [3.63, 3.8) is 0 Å². The molecular weight excluding hydrogens is 244 g/mol. The predicted molar refractivity (Wildman–Crippen MR) is 71.4 cm³/mol. The third-order valence-electron chi connectivity index (χ3n) is 4.15. The Morgan fingerprint density at radius 2 is 1.89 bits per heavy atom. The summed E-state index contributed by atoms with van der Waals surface area (Å²) in [7, 11) is 0. The molecule has 2 amide bonds. The zero-order valence-electron chi connectivity index (χ0n) is 11.4. The van der Waals surface area contributed by atoms with Gasteiger partial charge in [0.2, 0.25) is 11.8 Å². The molecule has 0 aromatic rings. The summed E-state index contributed by atoms with van der Waals surface area (Å²) in [6.45, 7) is 1.06. The van der Waals surface area contributed by atoms with Crippen molar-refractivity contribution < 1.29 is 14.7 Å². The summed E-state index contributed by atoms with van der Waals surface area (Å²) in [5, 5.41) is 12.1. The van der Waals surface area contributed by atoms with Gasteiger partial charge >= 0.3 is 0 Å². The summed E-state index contributed by atoms with van der Waals surface area (Å²) in [5.74, 6) is 0.394. The van der Waals surface area contributed by atoms with Crippen molar-refractivity contribution in [3.8, 4) is 0 Å². The van der Waals surface area contributed by atoms with Gasteiger partial charge in [-0.2, -0.15) is 0 Å². The maximum Gasteiger partial charge on any atom is 0.242 e. The molecule has 2 rings (SSSR count). The van der Waals surface area contributed by atoms with E-state index in [4.69, 9.17) is 0 Å². The highest BCUT2D eigenvalue weighted by atomic mass is 16.3. The molecule has 5 heteroatoms. The first-order valence-electron chi connectivity index (χ1n) is 7.37. The maximum absolute atomic E-state index is 11.8. The van der Waals surface area contributed by atoms with E-state index in [0.29, 0.717) is 31.8 Å². The molecule has 108 valence electrons. The largest absolute Gasteiger partial charge is 0.391 e. The number of nitrogens with one attached hydrogen (secondary N) is 1. The molecule has 0 aromatic heterocycles. The van der Waals surface area contributed by atoms with E-state index in [1.165, 1.54) is 19.3 Å². The number of β-amino-alcohol motifs (C(OH)–C–C–N with tert-alkyl or cyclic N) is 1. The Morgan fingerprint density at radius 3 is 2.53 bits per heavy atom. The van der Waals surface area contributed by atoms with Gasteiger partial charge in [0, 0.05) is 19.5 Å². The van der Waals surface area contributed by atoms with Crippen molar-refractivity contribution in [2.45, 2.75) is 51.0 Å². The number of aliphatic hydroxyl groups excluding tert-OH is 1. The van der Waals surface area contributed by atoms with Crippen LogP contribution >= 0.6 is 0 Å². The fourth-order valence-corrected chi connectivity index (χ4v) is 2.98. The Hall–Kier alpha value is -1.10. The molecule has 1 saturated heterocycles. The molecule has 19 heavy (non-hydrogen) atoms. The van der Waals surface area contributed by atoms with Crippen molar-refractivity contribution in [1.29, 1.82) is 0 Å². The Balaban J connectivity index is 1.64. The van der Waals surface area contributed by atoms with Gasteiger partial charge in [-0.1, -0.05) is 19.3 Å². The van der Waals surface area contributed by atoms with Gasteiger partial charge in [0.15, 0.2) is 0 Å². The number of rotatable bonds is 4. The summed E-state index contributed by atoms with van der Waals surface area (Å²) >= 11 is 0. The highest BCUT2D eigenvalue weighted by Crippen LogP contribution is 2.25. The predicted octanol–water partition coefficient (Wildman–Crippen LogP) is 0.666. The molecule has 0 bridgehead atoms. The maximum atomic E-state index is 11.8. The van der Waals surface area contributed by atoms with Crippen molar-refractivity contribution in [3.05, 3.63) is 0 Å². The number of nitrogens with zero attached hydrogens (tertiary/aromatic N) is 1. The minimum absolute atomic E-state index is 0.0139. The Morgan fingerprint density at radius 1 is 1.16 bits per heavy atom.